The van der Waals surface area contributed by atoms with Crippen LogP contribution in [0.4, 0.5) is 0 Å². The van der Waals surface area contributed by atoms with Crippen LogP contribution in [0, 0.1) is 0 Å². The molecule has 2 rings (SSSR count). The molecule has 1 heterocycles. The fourth-order valence-corrected chi connectivity index (χ4v) is 2.05. The zero-order valence-corrected chi connectivity index (χ0v) is 10.6. The maximum absolute atomic E-state index is 11.7. The molecular weight excluding hydrogens is 274 g/mol. The van der Waals surface area contributed by atoms with Crippen molar-refractivity contribution in [3.63, 3.8) is 0 Å². The van der Waals surface area contributed by atoms with Crippen LogP contribution in [-0.4, -0.2) is 24.7 Å². The molecule has 0 atom stereocenters. The predicted molar refractivity (Wildman–Crippen MR) is 62.3 cm³/mol. The molecule has 0 bridgehead atoms. The molecule has 0 aliphatic heterocycles. The van der Waals surface area contributed by atoms with Crippen molar-refractivity contribution in [1.29, 1.82) is 0 Å². The van der Waals surface area contributed by atoms with Gasteiger partial charge in [0.05, 0.1) is 6.10 Å². The summed E-state index contributed by atoms with van der Waals surface area (Å²) in [4.78, 5) is 11.7. The molecule has 0 saturated heterocycles. The van der Waals surface area contributed by atoms with Crippen LogP contribution in [-0.2, 0) is 4.74 Å². The minimum atomic E-state index is -0.161. The molecular formula is C11H14BrNO3. The number of furan rings is 1. The zero-order valence-electron chi connectivity index (χ0n) is 9.03. The monoisotopic (exact) mass is 287 g/mol. The van der Waals surface area contributed by atoms with Gasteiger partial charge in [0.15, 0.2) is 10.4 Å². The summed E-state index contributed by atoms with van der Waals surface area (Å²) in [5.41, 5.74) is 0. The molecule has 1 saturated carbocycles. The second-order valence-corrected chi connectivity index (χ2v) is 4.60. The Morgan fingerprint density at radius 3 is 2.94 bits per heavy atom. The van der Waals surface area contributed by atoms with Crippen LogP contribution in [0.3, 0.4) is 0 Å². The smallest absolute Gasteiger partial charge is 0.287 e. The molecule has 1 aliphatic rings. The number of carbonyl (C=O) groups is 1. The molecule has 0 radical (unpaired) electrons. The van der Waals surface area contributed by atoms with Gasteiger partial charge in [0.1, 0.15) is 0 Å². The first-order valence-electron chi connectivity index (χ1n) is 5.37. The van der Waals surface area contributed by atoms with E-state index in [1.54, 1.807) is 12.1 Å². The van der Waals surface area contributed by atoms with Crippen LogP contribution < -0.4 is 5.32 Å². The predicted octanol–water partition coefficient (Wildman–Crippen LogP) is 2.34. The van der Waals surface area contributed by atoms with E-state index in [1.165, 1.54) is 0 Å². The van der Waals surface area contributed by atoms with Crippen LogP contribution in [0.1, 0.15) is 30.3 Å². The third-order valence-electron chi connectivity index (χ3n) is 2.63. The Hall–Kier alpha value is -0.810. The van der Waals surface area contributed by atoms with Crippen LogP contribution in [0.25, 0.3) is 0 Å². The van der Waals surface area contributed by atoms with Crippen molar-refractivity contribution in [2.24, 2.45) is 0 Å². The first kappa shape index (κ1) is 11.7. The highest BCUT2D eigenvalue weighted by Gasteiger charge is 2.31. The van der Waals surface area contributed by atoms with E-state index in [9.17, 15) is 4.79 Å². The Bertz CT molecular complexity index is 371. The molecule has 4 nitrogen and oxygen atoms in total. The summed E-state index contributed by atoms with van der Waals surface area (Å²) in [7, 11) is 0. The van der Waals surface area contributed by atoms with Gasteiger partial charge in [0.2, 0.25) is 0 Å². The molecule has 16 heavy (non-hydrogen) atoms. The second kappa shape index (κ2) is 5.01. The maximum atomic E-state index is 11.7. The van der Waals surface area contributed by atoms with Gasteiger partial charge in [-0.05, 0) is 47.8 Å². The minimum absolute atomic E-state index is 0.161. The lowest BCUT2D eigenvalue weighted by molar-refractivity contribution is -0.00885. The van der Waals surface area contributed by atoms with Crippen LogP contribution in [0.5, 0.6) is 0 Å². The van der Waals surface area contributed by atoms with Crippen LogP contribution in [0.2, 0.25) is 0 Å². The van der Waals surface area contributed by atoms with Crippen molar-refractivity contribution in [2.45, 2.75) is 31.9 Å². The molecule has 5 heteroatoms. The van der Waals surface area contributed by atoms with Crippen LogP contribution >= 0.6 is 15.9 Å². The number of rotatable bonds is 4. The highest BCUT2D eigenvalue weighted by Crippen LogP contribution is 2.24. The molecule has 1 aromatic rings. The SMILES string of the molecule is CCOC1CC(NC(=O)c2ccc(Br)o2)C1. The average molecular weight is 288 g/mol. The molecule has 1 aliphatic carbocycles. The summed E-state index contributed by atoms with van der Waals surface area (Å²) in [6, 6.07) is 3.57. The van der Waals surface area contributed by atoms with E-state index in [0.29, 0.717) is 16.5 Å². The Kier molecular flexibility index (Phi) is 3.66. The zero-order chi connectivity index (χ0) is 11.5. The molecule has 0 aromatic carbocycles. The highest BCUT2D eigenvalue weighted by molar-refractivity contribution is 9.10. The number of hydrogen-bond donors (Lipinski definition) is 1. The highest BCUT2D eigenvalue weighted by atomic mass is 79.9. The van der Waals surface area contributed by atoms with Crippen molar-refractivity contribution in [2.75, 3.05) is 6.61 Å². The van der Waals surface area contributed by atoms with Crippen molar-refractivity contribution >= 4 is 21.8 Å². The van der Waals surface area contributed by atoms with Gasteiger partial charge in [-0.2, -0.15) is 0 Å². The standard InChI is InChI=1S/C11H14BrNO3/c1-2-15-8-5-7(6-8)13-11(14)9-3-4-10(12)16-9/h3-4,7-8H,2,5-6H2,1H3,(H,13,14). The summed E-state index contributed by atoms with van der Waals surface area (Å²) in [6.07, 6.45) is 2.08. The van der Waals surface area contributed by atoms with Gasteiger partial charge >= 0.3 is 0 Å². The topological polar surface area (TPSA) is 51.5 Å². The van der Waals surface area contributed by atoms with Crippen LogP contribution in [0.15, 0.2) is 21.2 Å². The largest absolute Gasteiger partial charge is 0.444 e. The van der Waals surface area contributed by atoms with Gasteiger partial charge in [-0.3, -0.25) is 4.79 Å². The van der Waals surface area contributed by atoms with Gasteiger partial charge in [-0.25, -0.2) is 0 Å². The molecule has 0 spiro atoms. The van der Waals surface area contributed by atoms with E-state index in [4.69, 9.17) is 9.15 Å². The number of nitrogens with one attached hydrogen (secondary N) is 1. The summed E-state index contributed by atoms with van der Waals surface area (Å²) in [6.45, 7) is 2.71. The summed E-state index contributed by atoms with van der Waals surface area (Å²) in [5.74, 6) is 0.178. The molecule has 0 unspecified atom stereocenters. The number of ether oxygens (including phenoxy) is 1. The molecule has 1 N–H and O–H groups in total. The lowest BCUT2D eigenvalue weighted by atomic mass is 9.89. The van der Waals surface area contributed by atoms with Gasteiger partial charge in [0, 0.05) is 12.6 Å². The fraction of sp³-hybridized carbons (Fsp3) is 0.545. The first-order chi connectivity index (χ1) is 7.69. The summed E-state index contributed by atoms with van der Waals surface area (Å²) >= 11 is 3.16. The van der Waals surface area contributed by atoms with Gasteiger partial charge in [-0.1, -0.05) is 0 Å². The Morgan fingerprint density at radius 1 is 1.62 bits per heavy atom. The first-order valence-corrected chi connectivity index (χ1v) is 6.16. The summed E-state index contributed by atoms with van der Waals surface area (Å²) < 4.78 is 11.1. The minimum Gasteiger partial charge on any atom is -0.444 e. The molecule has 1 fully saturated rings. The van der Waals surface area contributed by atoms with E-state index in [2.05, 4.69) is 21.2 Å². The Morgan fingerprint density at radius 2 is 2.38 bits per heavy atom. The maximum Gasteiger partial charge on any atom is 0.287 e. The van der Waals surface area contributed by atoms with E-state index in [0.717, 1.165) is 19.4 Å². The Labute approximate surface area is 102 Å². The van der Waals surface area contributed by atoms with E-state index >= 15 is 0 Å². The number of halogens is 1. The number of amides is 1. The lowest BCUT2D eigenvalue weighted by Gasteiger charge is -2.35. The quantitative estimate of drug-likeness (QED) is 0.925. The van der Waals surface area contributed by atoms with E-state index < -0.39 is 0 Å². The Balaban J connectivity index is 1.77. The fourth-order valence-electron chi connectivity index (χ4n) is 1.75. The van der Waals surface area contributed by atoms with Crippen molar-refractivity contribution in [3.05, 3.63) is 22.6 Å². The second-order valence-electron chi connectivity index (χ2n) is 3.82. The lowest BCUT2D eigenvalue weighted by Crippen LogP contribution is -2.47. The van der Waals surface area contributed by atoms with Gasteiger partial charge in [0.25, 0.3) is 5.91 Å². The third-order valence-corrected chi connectivity index (χ3v) is 3.06. The van der Waals surface area contributed by atoms with Gasteiger partial charge in [-0.15, -0.1) is 0 Å². The van der Waals surface area contributed by atoms with E-state index in [1.807, 2.05) is 6.92 Å². The number of hydrogen-bond acceptors (Lipinski definition) is 3. The molecule has 1 aromatic heterocycles. The van der Waals surface area contributed by atoms with Crippen molar-refractivity contribution < 1.29 is 13.9 Å². The number of carbonyl (C=O) groups excluding carboxylic acids is 1. The molecule has 1 amide bonds. The molecule has 88 valence electrons. The van der Waals surface area contributed by atoms with E-state index in [-0.39, 0.29) is 11.9 Å². The van der Waals surface area contributed by atoms with Crippen molar-refractivity contribution in [1.82, 2.24) is 5.32 Å². The third kappa shape index (κ3) is 2.65. The van der Waals surface area contributed by atoms with Gasteiger partial charge < -0.3 is 14.5 Å². The summed E-state index contributed by atoms with van der Waals surface area (Å²) in [5, 5.41) is 2.90. The normalized spacial score (nSPS) is 23.9. The van der Waals surface area contributed by atoms with Crippen molar-refractivity contribution in [3.8, 4) is 0 Å². The average Bonchev–Trinajstić information content (AvgIpc) is 2.61.